The molecule has 3 aliphatic heterocycles. The predicted molar refractivity (Wildman–Crippen MR) is 177 cm³/mol. The summed E-state index contributed by atoms with van der Waals surface area (Å²) in [4.78, 5) is 49.0. The zero-order chi connectivity index (χ0) is 32.7. The second kappa shape index (κ2) is 10.7. The highest BCUT2D eigenvalue weighted by Gasteiger charge is 2.55. The van der Waals surface area contributed by atoms with Crippen molar-refractivity contribution in [3.63, 3.8) is 0 Å². The Labute approximate surface area is 276 Å². The Bertz CT molecular complexity index is 1890. The molecule has 5 heterocycles. The van der Waals surface area contributed by atoms with Gasteiger partial charge in [-0.3, -0.25) is 19.5 Å². The number of alkyl halides is 1. The van der Waals surface area contributed by atoms with Gasteiger partial charge in [-0.2, -0.15) is 0 Å². The molecule has 5 aliphatic rings. The topological polar surface area (TPSA) is 139 Å². The number of carbonyl (C=O) groups excluding carboxylic acids is 2. The fraction of sp³-hybridized carbons (Fsp3) is 0.412. The van der Waals surface area contributed by atoms with Gasteiger partial charge in [0.2, 0.25) is 0 Å². The summed E-state index contributed by atoms with van der Waals surface area (Å²) in [5, 5.41) is 3.92. The van der Waals surface area contributed by atoms with E-state index in [4.69, 9.17) is 27.1 Å². The van der Waals surface area contributed by atoms with E-state index < -0.39 is 23.2 Å². The average molecular weight is 657 g/mol. The number of nitrogens with one attached hydrogen (secondary N) is 1. The van der Waals surface area contributed by atoms with Gasteiger partial charge in [0.05, 0.1) is 58.7 Å². The number of fused-ring (bicyclic) bond motifs is 2. The largest absolute Gasteiger partial charge is 0.476 e. The number of ether oxygens (including phenoxy) is 1. The number of benzene rings is 1. The molecular formula is C34H34ClFN8O3. The van der Waals surface area contributed by atoms with Crippen LogP contribution in [0.15, 0.2) is 47.7 Å². The number of carbonyl (C=O) groups is 2. The first-order chi connectivity index (χ1) is 22.5. The lowest BCUT2D eigenvalue weighted by atomic mass is 9.93. The zero-order valence-electron chi connectivity index (χ0n) is 26.1. The quantitative estimate of drug-likeness (QED) is 0.345. The Balaban J connectivity index is 1.25. The van der Waals surface area contributed by atoms with Crippen LogP contribution in [0.1, 0.15) is 61.4 Å². The minimum atomic E-state index is -1.18. The number of hydrogen-bond donors (Lipinski definition) is 2. The maximum atomic E-state index is 13.9. The van der Waals surface area contributed by atoms with Crippen LogP contribution in [0.4, 0.5) is 21.6 Å². The monoisotopic (exact) mass is 656 g/mol. The molecule has 0 spiro atoms. The third kappa shape index (κ3) is 5.09. The van der Waals surface area contributed by atoms with E-state index in [-0.39, 0.29) is 19.0 Å². The van der Waals surface area contributed by atoms with Crippen LogP contribution in [-0.4, -0.2) is 63.0 Å². The summed E-state index contributed by atoms with van der Waals surface area (Å²) in [6.07, 6.45) is 9.81. The van der Waals surface area contributed by atoms with Gasteiger partial charge in [0.15, 0.2) is 11.4 Å². The number of nitrogens with two attached hydrogens (primary N) is 1. The Morgan fingerprint density at radius 3 is 2.64 bits per heavy atom. The van der Waals surface area contributed by atoms with Crippen molar-refractivity contribution in [3.05, 3.63) is 64.8 Å². The van der Waals surface area contributed by atoms with Crippen LogP contribution in [0.5, 0.6) is 5.75 Å². The molecule has 11 nitrogen and oxygen atoms in total. The predicted octanol–water partition coefficient (Wildman–Crippen LogP) is 5.02. The van der Waals surface area contributed by atoms with E-state index in [0.717, 1.165) is 37.2 Å². The summed E-state index contributed by atoms with van der Waals surface area (Å²) in [6.45, 7) is 4.12. The molecule has 2 amide bonds. The molecule has 0 bridgehead atoms. The number of aliphatic imine (C=N–C) groups is 1. The summed E-state index contributed by atoms with van der Waals surface area (Å²) in [6, 6.07) is 5.55. The van der Waals surface area contributed by atoms with Gasteiger partial charge < -0.3 is 20.7 Å². The fourth-order valence-corrected chi connectivity index (χ4v) is 6.99. The lowest BCUT2D eigenvalue weighted by molar-refractivity contribution is -0.132. The second-order valence-electron chi connectivity index (χ2n) is 13.4. The van der Waals surface area contributed by atoms with Crippen molar-refractivity contribution in [3.8, 4) is 16.9 Å². The van der Waals surface area contributed by atoms with Gasteiger partial charge in [-0.15, -0.1) is 0 Å². The molecule has 0 radical (unpaired) electrons. The van der Waals surface area contributed by atoms with Crippen molar-refractivity contribution in [2.24, 2.45) is 16.6 Å². The third-order valence-electron chi connectivity index (χ3n) is 9.60. The smallest absolute Gasteiger partial charge is 0.271 e. The molecule has 8 rings (SSSR count). The average Bonchev–Trinajstić information content (AvgIpc) is 3.98. The normalized spacial score (nSPS) is 21.8. The minimum absolute atomic E-state index is 0.114. The van der Waals surface area contributed by atoms with Gasteiger partial charge in [-0.25, -0.2) is 19.3 Å². The van der Waals surface area contributed by atoms with Gasteiger partial charge in [0.1, 0.15) is 17.7 Å². The van der Waals surface area contributed by atoms with Crippen molar-refractivity contribution in [2.45, 2.75) is 69.8 Å². The molecule has 2 fully saturated rings. The number of halogens is 2. The number of rotatable bonds is 8. The Hall–Kier alpha value is -4.58. The summed E-state index contributed by atoms with van der Waals surface area (Å²) < 4.78 is 20.3. The molecule has 3 aromatic rings. The summed E-state index contributed by atoms with van der Waals surface area (Å²) in [7, 11) is 0. The first kappa shape index (κ1) is 29.8. The Morgan fingerprint density at radius 2 is 1.98 bits per heavy atom. The van der Waals surface area contributed by atoms with E-state index >= 15 is 0 Å². The van der Waals surface area contributed by atoms with Crippen molar-refractivity contribution in [1.29, 1.82) is 0 Å². The molecule has 47 heavy (non-hydrogen) atoms. The van der Waals surface area contributed by atoms with Crippen LogP contribution >= 0.6 is 11.6 Å². The molecule has 1 atom stereocenters. The number of anilines is 3. The molecular weight excluding hydrogens is 623 g/mol. The first-order valence-electron chi connectivity index (χ1n) is 15.9. The summed E-state index contributed by atoms with van der Waals surface area (Å²) in [5.74, 6) is 1.28. The molecule has 2 aliphatic carbocycles. The van der Waals surface area contributed by atoms with Gasteiger partial charge in [-0.05, 0) is 81.7 Å². The molecule has 13 heteroatoms. The van der Waals surface area contributed by atoms with E-state index in [1.165, 1.54) is 12.4 Å². The van der Waals surface area contributed by atoms with Crippen LogP contribution in [0.2, 0.25) is 5.02 Å². The Morgan fingerprint density at radius 1 is 1.21 bits per heavy atom. The van der Waals surface area contributed by atoms with Gasteiger partial charge >= 0.3 is 0 Å². The number of primary amides is 1. The number of hydrogen-bond acceptors (Lipinski definition) is 9. The van der Waals surface area contributed by atoms with Crippen molar-refractivity contribution in [2.75, 3.05) is 28.3 Å². The van der Waals surface area contributed by atoms with Gasteiger partial charge in [-0.1, -0.05) is 17.7 Å². The van der Waals surface area contributed by atoms with Crippen LogP contribution in [0.25, 0.3) is 11.1 Å². The summed E-state index contributed by atoms with van der Waals surface area (Å²) in [5.41, 5.74) is 9.07. The second-order valence-corrected chi connectivity index (χ2v) is 13.9. The molecule has 0 saturated heterocycles. The van der Waals surface area contributed by atoms with Crippen LogP contribution < -0.4 is 25.6 Å². The maximum Gasteiger partial charge on any atom is 0.271 e. The van der Waals surface area contributed by atoms with E-state index in [0.29, 0.717) is 69.4 Å². The number of amides is 2. The molecule has 2 aromatic heterocycles. The third-order valence-corrected chi connectivity index (χ3v) is 9.80. The zero-order valence-corrected chi connectivity index (χ0v) is 26.9. The molecule has 1 aromatic carbocycles. The SMILES string of the molecule is CC1(C)Oc2cc(-c3c4c(nc(CC5CC5)c3C(N)=O)N(C3(C5=NCC(F)C=C5)CC3)CN4)ccc2N(Cc2ncc(Cl)cn2)C1=O. The standard InChI is InChI=1S/C34H34ClFN8O3/c1-33(2)32(46)43(16-26-39-13-20(35)14-40-26)23-7-5-19(12-24(23)47-33)27-28(30(37)45)22(11-18-3-4-18)42-31-29(27)41-17-44(31)34(9-10-34)25-8-6-21(36)15-38-25/h5-8,12-14,18,21,41H,3-4,9-11,15-17H2,1-2H3,(H2,37,45). The van der Waals surface area contributed by atoms with E-state index in [1.54, 1.807) is 30.9 Å². The highest BCUT2D eigenvalue weighted by atomic mass is 35.5. The van der Waals surface area contributed by atoms with Gasteiger partial charge in [0, 0.05) is 18.0 Å². The van der Waals surface area contributed by atoms with Crippen molar-refractivity contribution < 1.29 is 18.7 Å². The number of pyridine rings is 1. The molecule has 242 valence electrons. The van der Waals surface area contributed by atoms with Gasteiger partial charge in [0.25, 0.3) is 11.8 Å². The van der Waals surface area contributed by atoms with Crippen molar-refractivity contribution >= 4 is 46.3 Å². The number of dihydropyridines is 1. The minimum Gasteiger partial charge on any atom is -0.476 e. The van der Waals surface area contributed by atoms with E-state index in [1.807, 2.05) is 18.2 Å². The van der Waals surface area contributed by atoms with Crippen LogP contribution in [0, 0.1) is 5.92 Å². The highest BCUT2D eigenvalue weighted by Crippen LogP contribution is 2.53. The summed E-state index contributed by atoms with van der Waals surface area (Å²) >= 11 is 5.99. The Kier molecular flexibility index (Phi) is 6.80. The molecule has 2 saturated carbocycles. The fourth-order valence-electron chi connectivity index (χ4n) is 6.89. The van der Waals surface area contributed by atoms with E-state index in [2.05, 4.69) is 25.2 Å². The number of nitrogens with zero attached hydrogens (tertiary/aromatic N) is 6. The highest BCUT2D eigenvalue weighted by molar-refractivity contribution is 6.30. The number of aromatic nitrogens is 3. The van der Waals surface area contributed by atoms with Crippen molar-refractivity contribution in [1.82, 2.24) is 15.0 Å². The van der Waals surface area contributed by atoms with Crippen LogP contribution in [-0.2, 0) is 17.8 Å². The first-order valence-corrected chi connectivity index (χ1v) is 16.3. The lowest BCUT2D eigenvalue weighted by Gasteiger charge is -2.38. The maximum absolute atomic E-state index is 13.9. The molecule has 3 N–H and O–H groups in total. The lowest BCUT2D eigenvalue weighted by Crippen LogP contribution is -2.52. The van der Waals surface area contributed by atoms with Crippen LogP contribution in [0.3, 0.4) is 0 Å². The molecule has 1 unspecified atom stereocenters. The van der Waals surface area contributed by atoms with E-state index in [9.17, 15) is 14.0 Å².